The number of rotatable bonds is 4. The lowest BCUT2D eigenvalue weighted by molar-refractivity contribution is 0.00578. The first kappa shape index (κ1) is 18.7. The van der Waals surface area contributed by atoms with Gasteiger partial charge in [-0.05, 0) is 57.3 Å². The van der Waals surface area contributed by atoms with Crippen LogP contribution in [0, 0.1) is 6.92 Å². The Balaban J connectivity index is 1.71. The standard InChI is InChI=1S/C21H25BO4/c1-15-13-17(22-25-20(2,3)21(4,5)26-22)11-12-18(15)19(23)24-14-16-9-7-6-8-10-16/h6-13H,14H2,1-5H3. The third kappa shape index (κ3) is 3.69. The Morgan fingerprint density at radius 3 is 2.19 bits per heavy atom. The molecule has 5 heteroatoms. The van der Waals surface area contributed by atoms with Crippen molar-refractivity contribution in [2.24, 2.45) is 0 Å². The molecule has 0 bridgehead atoms. The molecule has 0 spiro atoms. The summed E-state index contributed by atoms with van der Waals surface area (Å²) in [6.45, 7) is 10.3. The van der Waals surface area contributed by atoms with Crippen LogP contribution < -0.4 is 5.46 Å². The van der Waals surface area contributed by atoms with Gasteiger partial charge in [-0.25, -0.2) is 4.79 Å². The molecule has 1 saturated heterocycles. The van der Waals surface area contributed by atoms with E-state index in [0.717, 1.165) is 16.6 Å². The van der Waals surface area contributed by atoms with Crippen LogP contribution in [0.2, 0.25) is 0 Å². The molecule has 0 atom stereocenters. The lowest BCUT2D eigenvalue weighted by atomic mass is 9.78. The fraction of sp³-hybridized carbons (Fsp3) is 0.381. The maximum Gasteiger partial charge on any atom is 0.494 e. The Kier molecular flexibility index (Phi) is 4.95. The van der Waals surface area contributed by atoms with E-state index in [1.807, 2.05) is 77.1 Å². The molecule has 0 aliphatic carbocycles. The van der Waals surface area contributed by atoms with Crippen LogP contribution in [0.5, 0.6) is 0 Å². The third-order valence-corrected chi connectivity index (χ3v) is 5.21. The summed E-state index contributed by atoms with van der Waals surface area (Å²) in [5.74, 6) is -0.327. The first-order valence-electron chi connectivity index (χ1n) is 8.87. The molecule has 2 aromatic rings. The molecule has 0 amide bonds. The Bertz CT molecular complexity index is 783. The molecule has 1 aliphatic rings. The molecular weight excluding hydrogens is 327 g/mol. The van der Waals surface area contributed by atoms with Crippen LogP contribution in [0.3, 0.4) is 0 Å². The first-order chi connectivity index (χ1) is 12.2. The van der Waals surface area contributed by atoms with E-state index in [-0.39, 0.29) is 12.6 Å². The van der Waals surface area contributed by atoms with E-state index in [1.54, 1.807) is 6.07 Å². The summed E-state index contributed by atoms with van der Waals surface area (Å²) >= 11 is 0. The summed E-state index contributed by atoms with van der Waals surface area (Å²) in [6, 6.07) is 15.2. The molecule has 1 fully saturated rings. The van der Waals surface area contributed by atoms with Crippen LogP contribution in [0.1, 0.15) is 49.2 Å². The second kappa shape index (κ2) is 6.90. The topological polar surface area (TPSA) is 44.8 Å². The van der Waals surface area contributed by atoms with Gasteiger partial charge in [0.25, 0.3) is 0 Å². The quantitative estimate of drug-likeness (QED) is 0.622. The molecule has 1 aliphatic heterocycles. The Morgan fingerprint density at radius 2 is 1.62 bits per heavy atom. The highest BCUT2D eigenvalue weighted by Crippen LogP contribution is 2.36. The van der Waals surface area contributed by atoms with Gasteiger partial charge in [0, 0.05) is 0 Å². The molecule has 0 N–H and O–H groups in total. The lowest BCUT2D eigenvalue weighted by Crippen LogP contribution is -2.41. The van der Waals surface area contributed by atoms with Crippen LogP contribution >= 0.6 is 0 Å². The average Bonchev–Trinajstić information content (AvgIpc) is 2.81. The number of esters is 1. The number of benzene rings is 2. The number of carbonyl (C=O) groups excluding carboxylic acids is 1. The lowest BCUT2D eigenvalue weighted by Gasteiger charge is -2.32. The molecular formula is C21H25BO4. The summed E-state index contributed by atoms with van der Waals surface area (Å²) in [6.07, 6.45) is 0. The highest BCUT2D eigenvalue weighted by atomic mass is 16.7. The van der Waals surface area contributed by atoms with Crippen LogP contribution in [-0.4, -0.2) is 24.3 Å². The van der Waals surface area contributed by atoms with Crippen LogP contribution in [0.4, 0.5) is 0 Å². The average molecular weight is 352 g/mol. The van der Waals surface area contributed by atoms with Crippen molar-refractivity contribution in [2.75, 3.05) is 0 Å². The molecule has 1 heterocycles. The van der Waals surface area contributed by atoms with E-state index in [4.69, 9.17) is 14.0 Å². The van der Waals surface area contributed by atoms with E-state index < -0.39 is 18.3 Å². The number of carbonyl (C=O) groups is 1. The third-order valence-electron chi connectivity index (χ3n) is 5.21. The zero-order chi connectivity index (χ0) is 18.9. The van der Waals surface area contributed by atoms with Crippen molar-refractivity contribution < 1.29 is 18.8 Å². The molecule has 136 valence electrons. The van der Waals surface area contributed by atoms with Crippen LogP contribution in [0.25, 0.3) is 0 Å². The number of hydrogen-bond acceptors (Lipinski definition) is 4. The summed E-state index contributed by atoms with van der Waals surface area (Å²) < 4.78 is 17.6. The van der Waals surface area contributed by atoms with Gasteiger partial charge in [-0.2, -0.15) is 0 Å². The van der Waals surface area contributed by atoms with Gasteiger partial charge in [0.15, 0.2) is 0 Å². The number of hydrogen-bond donors (Lipinski definition) is 0. The Labute approximate surface area is 155 Å². The van der Waals surface area contributed by atoms with Crippen molar-refractivity contribution in [2.45, 2.75) is 52.4 Å². The number of aryl methyl sites for hydroxylation is 1. The minimum absolute atomic E-state index is 0.262. The predicted molar refractivity (Wildman–Crippen MR) is 102 cm³/mol. The Morgan fingerprint density at radius 1 is 1.00 bits per heavy atom. The maximum absolute atomic E-state index is 12.4. The SMILES string of the molecule is Cc1cc(B2OC(C)(C)C(C)(C)O2)ccc1C(=O)OCc1ccccc1. The molecule has 0 unspecified atom stereocenters. The summed E-state index contributed by atoms with van der Waals surface area (Å²) in [5.41, 5.74) is 2.49. The largest absolute Gasteiger partial charge is 0.494 e. The minimum atomic E-state index is -0.437. The van der Waals surface area contributed by atoms with Gasteiger partial charge in [0.1, 0.15) is 6.61 Å². The second-order valence-electron chi connectivity index (χ2n) is 7.72. The summed E-state index contributed by atoms with van der Waals surface area (Å²) in [5, 5.41) is 0. The fourth-order valence-electron chi connectivity index (χ4n) is 2.84. The van der Waals surface area contributed by atoms with E-state index in [0.29, 0.717) is 5.56 Å². The van der Waals surface area contributed by atoms with E-state index in [2.05, 4.69) is 0 Å². The molecule has 4 nitrogen and oxygen atoms in total. The maximum atomic E-state index is 12.4. The van der Waals surface area contributed by atoms with E-state index >= 15 is 0 Å². The second-order valence-corrected chi connectivity index (χ2v) is 7.72. The summed E-state index contributed by atoms with van der Waals surface area (Å²) in [4.78, 5) is 12.4. The van der Waals surface area contributed by atoms with Gasteiger partial charge in [0.05, 0.1) is 16.8 Å². The first-order valence-corrected chi connectivity index (χ1v) is 8.87. The van der Waals surface area contributed by atoms with Crippen molar-refractivity contribution in [3.05, 3.63) is 65.2 Å². The van der Waals surface area contributed by atoms with Gasteiger partial charge in [-0.1, -0.05) is 42.5 Å². The van der Waals surface area contributed by atoms with Crippen molar-refractivity contribution in [3.63, 3.8) is 0 Å². The fourth-order valence-corrected chi connectivity index (χ4v) is 2.84. The molecule has 0 saturated carbocycles. The normalized spacial score (nSPS) is 18.0. The molecule has 2 aromatic carbocycles. The van der Waals surface area contributed by atoms with E-state index in [1.165, 1.54) is 0 Å². The van der Waals surface area contributed by atoms with Gasteiger partial charge < -0.3 is 14.0 Å². The predicted octanol–water partition coefficient (Wildman–Crippen LogP) is 3.65. The summed E-state index contributed by atoms with van der Waals surface area (Å²) in [7, 11) is -0.437. The van der Waals surface area contributed by atoms with Crippen LogP contribution in [-0.2, 0) is 20.7 Å². The molecule has 3 rings (SSSR count). The van der Waals surface area contributed by atoms with Crippen LogP contribution in [0.15, 0.2) is 48.5 Å². The van der Waals surface area contributed by atoms with Gasteiger partial charge in [0.2, 0.25) is 0 Å². The Hall–Kier alpha value is -2.11. The van der Waals surface area contributed by atoms with Crippen molar-refractivity contribution in [3.8, 4) is 0 Å². The van der Waals surface area contributed by atoms with Crippen molar-refractivity contribution in [1.82, 2.24) is 0 Å². The molecule has 0 aromatic heterocycles. The molecule has 0 radical (unpaired) electrons. The minimum Gasteiger partial charge on any atom is -0.457 e. The molecule has 26 heavy (non-hydrogen) atoms. The van der Waals surface area contributed by atoms with Crippen molar-refractivity contribution in [1.29, 1.82) is 0 Å². The number of ether oxygens (including phenoxy) is 1. The zero-order valence-corrected chi connectivity index (χ0v) is 16.0. The van der Waals surface area contributed by atoms with Crippen molar-refractivity contribution >= 4 is 18.6 Å². The van der Waals surface area contributed by atoms with E-state index in [9.17, 15) is 4.79 Å². The van der Waals surface area contributed by atoms with Gasteiger partial charge in [-0.15, -0.1) is 0 Å². The van der Waals surface area contributed by atoms with Gasteiger partial charge >= 0.3 is 13.1 Å². The highest BCUT2D eigenvalue weighted by Gasteiger charge is 2.51. The smallest absolute Gasteiger partial charge is 0.457 e. The monoisotopic (exact) mass is 352 g/mol. The van der Waals surface area contributed by atoms with Gasteiger partial charge in [-0.3, -0.25) is 0 Å². The zero-order valence-electron chi connectivity index (χ0n) is 16.0. The highest BCUT2D eigenvalue weighted by molar-refractivity contribution is 6.62.